The number of hydrogen-bond acceptors (Lipinski definition) is 5. The van der Waals surface area contributed by atoms with Crippen LogP contribution in [-0.2, 0) is 0 Å². The fourth-order valence-corrected chi connectivity index (χ4v) is 2.47. The van der Waals surface area contributed by atoms with Crippen LogP contribution in [0.15, 0.2) is 0 Å². The van der Waals surface area contributed by atoms with E-state index in [9.17, 15) is 18.0 Å². The molecule has 0 aliphatic carbocycles. The number of methoxy groups -OCH3 is 1. The molecule has 0 aromatic carbocycles. The van der Waals surface area contributed by atoms with E-state index in [2.05, 4.69) is 0 Å². The maximum atomic E-state index is 12.2. The van der Waals surface area contributed by atoms with Gasteiger partial charge in [-0.05, 0) is 0 Å². The second kappa shape index (κ2) is 5.55. The number of amides is 1. The van der Waals surface area contributed by atoms with Crippen molar-refractivity contribution in [2.45, 2.75) is 12.6 Å². The van der Waals surface area contributed by atoms with Gasteiger partial charge < -0.3 is 21.1 Å². The van der Waals surface area contributed by atoms with E-state index in [1.807, 2.05) is 0 Å². The van der Waals surface area contributed by atoms with Crippen molar-refractivity contribution >= 4 is 27.9 Å². The highest BCUT2D eigenvalue weighted by atomic mass is 32.1. The second-order valence-electron chi connectivity index (χ2n) is 3.83. The highest BCUT2D eigenvalue weighted by Crippen LogP contribution is 2.44. The van der Waals surface area contributed by atoms with Crippen LogP contribution >= 0.6 is 11.3 Å². The molecule has 0 saturated heterocycles. The van der Waals surface area contributed by atoms with Crippen LogP contribution in [0.1, 0.15) is 16.1 Å². The normalized spacial score (nSPS) is 11.4. The minimum Gasteiger partial charge on any atom is -0.492 e. The Labute approximate surface area is 111 Å². The number of carbonyl (C=O) groups excluding carboxylic acids is 1. The first-order valence-corrected chi connectivity index (χ1v) is 6.03. The summed E-state index contributed by atoms with van der Waals surface area (Å²) in [6.07, 6.45) is -5.23. The van der Waals surface area contributed by atoms with Crippen molar-refractivity contribution in [1.82, 2.24) is 0 Å². The first kappa shape index (κ1) is 15.4. The number of halogens is 3. The number of primary amides is 1. The highest BCUT2D eigenvalue weighted by molar-refractivity contribution is 7.19. The lowest BCUT2D eigenvalue weighted by molar-refractivity contribution is -0.132. The van der Waals surface area contributed by atoms with Crippen LogP contribution in [-0.4, -0.2) is 32.8 Å². The van der Waals surface area contributed by atoms with E-state index in [1.54, 1.807) is 0 Å². The van der Waals surface area contributed by atoms with E-state index >= 15 is 0 Å². The van der Waals surface area contributed by atoms with E-state index < -0.39 is 18.5 Å². The molecule has 0 saturated carbocycles. The molecule has 19 heavy (non-hydrogen) atoms. The van der Waals surface area contributed by atoms with Gasteiger partial charge in [0.2, 0.25) is 0 Å². The topological polar surface area (TPSA) is 81.6 Å². The van der Waals surface area contributed by atoms with Gasteiger partial charge in [-0.15, -0.1) is 11.3 Å². The Balaban J connectivity index is 2.99. The maximum Gasteiger partial charge on any atom is 0.390 e. The van der Waals surface area contributed by atoms with Crippen LogP contribution in [0.3, 0.4) is 0 Å². The number of anilines is 2. The van der Waals surface area contributed by atoms with E-state index in [0.717, 1.165) is 11.3 Å². The molecule has 1 aromatic rings. The Bertz CT molecular complexity index is 473. The molecule has 1 heterocycles. The molecule has 1 rings (SSSR count). The van der Waals surface area contributed by atoms with Gasteiger partial charge in [0.15, 0.2) is 5.75 Å². The van der Waals surface area contributed by atoms with Crippen molar-refractivity contribution in [3.05, 3.63) is 4.88 Å². The zero-order valence-corrected chi connectivity index (χ0v) is 11.2. The summed E-state index contributed by atoms with van der Waals surface area (Å²) < 4.78 is 41.5. The molecule has 4 N–H and O–H groups in total. The predicted molar refractivity (Wildman–Crippen MR) is 67.7 cm³/mol. The van der Waals surface area contributed by atoms with Crippen LogP contribution in [0.25, 0.3) is 0 Å². The Kier molecular flexibility index (Phi) is 4.51. The lowest BCUT2D eigenvalue weighted by Crippen LogP contribution is -2.23. The monoisotopic (exact) mass is 297 g/mol. The fraction of sp³-hybridized carbons (Fsp3) is 0.500. The molecule has 1 aromatic heterocycles. The number of hydrogen-bond donors (Lipinski definition) is 2. The Hall–Kier alpha value is -1.64. The summed E-state index contributed by atoms with van der Waals surface area (Å²) in [4.78, 5) is 12.5. The smallest absolute Gasteiger partial charge is 0.390 e. The van der Waals surface area contributed by atoms with Crippen molar-refractivity contribution in [3.63, 3.8) is 0 Å². The molecule has 9 heteroatoms. The molecule has 0 fully saturated rings. The zero-order valence-electron chi connectivity index (χ0n) is 10.4. The van der Waals surface area contributed by atoms with E-state index in [0.29, 0.717) is 5.00 Å². The zero-order chi connectivity index (χ0) is 14.8. The first-order valence-electron chi connectivity index (χ1n) is 5.21. The average molecular weight is 297 g/mol. The van der Waals surface area contributed by atoms with Crippen molar-refractivity contribution in [2.75, 3.05) is 31.3 Å². The molecule has 5 nitrogen and oxygen atoms in total. The van der Waals surface area contributed by atoms with Gasteiger partial charge in [-0.25, -0.2) is 0 Å². The van der Waals surface area contributed by atoms with E-state index in [4.69, 9.17) is 16.2 Å². The van der Waals surface area contributed by atoms with Gasteiger partial charge in [0.1, 0.15) is 15.6 Å². The Morgan fingerprint density at radius 2 is 2.05 bits per heavy atom. The molecule has 0 radical (unpaired) electrons. The van der Waals surface area contributed by atoms with E-state index in [-0.39, 0.29) is 22.9 Å². The molecule has 0 aliphatic rings. The van der Waals surface area contributed by atoms with Crippen LogP contribution in [0.5, 0.6) is 5.75 Å². The van der Waals surface area contributed by atoms with Gasteiger partial charge in [0, 0.05) is 13.6 Å². The quantitative estimate of drug-likeness (QED) is 0.868. The van der Waals surface area contributed by atoms with Gasteiger partial charge in [-0.2, -0.15) is 13.2 Å². The van der Waals surface area contributed by atoms with Gasteiger partial charge >= 0.3 is 6.18 Å². The number of nitrogens with zero attached hydrogens (tertiary/aromatic N) is 1. The van der Waals surface area contributed by atoms with E-state index in [1.165, 1.54) is 19.1 Å². The van der Waals surface area contributed by atoms with Crippen molar-refractivity contribution in [1.29, 1.82) is 0 Å². The van der Waals surface area contributed by atoms with Crippen LogP contribution < -0.4 is 21.1 Å². The number of thiophene rings is 1. The van der Waals surface area contributed by atoms with Crippen molar-refractivity contribution in [2.24, 2.45) is 5.73 Å². The van der Waals surface area contributed by atoms with Gasteiger partial charge in [0.25, 0.3) is 5.91 Å². The molecule has 0 aliphatic heterocycles. The standard InChI is InChI=1S/C10H14F3N3O2S/c1-16(4-3-10(11,12)13)9-6(18-2)5(14)7(19-9)8(15)17/h3-4,14H2,1-2H3,(H2,15,17). The number of alkyl halides is 3. The van der Waals surface area contributed by atoms with Crippen molar-refractivity contribution < 1.29 is 22.7 Å². The molecular weight excluding hydrogens is 283 g/mol. The molecule has 0 bridgehead atoms. The third-order valence-electron chi connectivity index (χ3n) is 2.39. The van der Waals surface area contributed by atoms with Crippen LogP contribution in [0.2, 0.25) is 0 Å². The Morgan fingerprint density at radius 1 is 1.47 bits per heavy atom. The van der Waals surface area contributed by atoms with Crippen LogP contribution in [0, 0.1) is 0 Å². The largest absolute Gasteiger partial charge is 0.492 e. The summed E-state index contributed by atoms with van der Waals surface area (Å²) >= 11 is 0.912. The fourth-order valence-electron chi connectivity index (χ4n) is 1.44. The molecule has 0 spiro atoms. The van der Waals surface area contributed by atoms with Gasteiger partial charge in [-0.3, -0.25) is 4.79 Å². The number of nitrogen functional groups attached to an aromatic ring is 1. The van der Waals surface area contributed by atoms with Gasteiger partial charge in [-0.1, -0.05) is 0 Å². The summed E-state index contributed by atoms with van der Waals surface area (Å²) in [5.74, 6) is -0.570. The third kappa shape index (κ3) is 3.66. The molecule has 0 unspecified atom stereocenters. The lowest BCUT2D eigenvalue weighted by atomic mass is 10.3. The average Bonchev–Trinajstić information content (AvgIpc) is 2.62. The maximum absolute atomic E-state index is 12.2. The second-order valence-corrected chi connectivity index (χ2v) is 4.83. The van der Waals surface area contributed by atoms with Crippen LogP contribution in [0.4, 0.5) is 23.9 Å². The summed E-state index contributed by atoms with van der Waals surface area (Å²) in [6.45, 7) is -0.266. The molecule has 1 amide bonds. The molecule has 108 valence electrons. The first-order chi connectivity index (χ1) is 8.67. The highest BCUT2D eigenvalue weighted by Gasteiger charge is 2.29. The summed E-state index contributed by atoms with van der Waals surface area (Å²) in [6, 6.07) is 0. The minimum absolute atomic E-state index is 0.0499. The molecule has 0 atom stereocenters. The molecular formula is C10H14F3N3O2S. The number of nitrogens with two attached hydrogens (primary N) is 2. The summed E-state index contributed by atoms with van der Waals surface area (Å²) in [5.41, 5.74) is 10.9. The SMILES string of the molecule is COc1c(N(C)CCC(F)(F)F)sc(C(N)=O)c1N. The lowest BCUT2D eigenvalue weighted by Gasteiger charge is -2.19. The van der Waals surface area contributed by atoms with Gasteiger partial charge in [0.05, 0.1) is 13.5 Å². The third-order valence-corrected chi connectivity index (χ3v) is 3.70. The number of carbonyl (C=O) groups is 1. The predicted octanol–water partition coefficient (Wildman–Crippen LogP) is 1.83. The summed E-state index contributed by atoms with van der Waals surface area (Å²) in [7, 11) is 2.79. The van der Waals surface area contributed by atoms with Crippen molar-refractivity contribution in [3.8, 4) is 5.75 Å². The number of rotatable bonds is 5. The Morgan fingerprint density at radius 3 is 2.47 bits per heavy atom. The summed E-state index contributed by atoms with van der Waals surface area (Å²) in [5, 5.41) is 0.345. The number of ether oxygens (including phenoxy) is 1. The minimum atomic E-state index is -4.25.